The molecule has 1 N–H and O–H groups in total. The molecule has 1 heterocycles. The van der Waals surface area contributed by atoms with Gasteiger partial charge in [-0.3, -0.25) is 4.99 Å². The molecule has 0 bridgehead atoms. The quantitative estimate of drug-likeness (QED) is 0.670. The Bertz CT molecular complexity index is 588. The predicted molar refractivity (Wildman–Crippen MR) is 91.3 cm³/mol. The molecule has 0 amide bonds. The maximum Gasteiger partial charge on any atom is 0.193 e. The van der Waals surface area contributed by atoms with Crippen LogP contribution < -0.4 is 5.32 Å². The van der Waals surface area contributed by atoms with E-state index in [2.05, 4.69) is 46.4 Å². The Hall–Kier alpha value is -1.51. The van der Waals surface area contributed by atoms with Crippen molar-refractivity contribution < 1.29 is 0 Å². The van der Waals surface area contributed by atoms with Crippen LogP contribution in [0.5, 0.6) is 0 Å². The summed E-state index contributed by atoms with van der Waals surface area (Å²) in [5, 5.41) is 3.72. The van der Waals surface area contributed by atoms with Crippen LogP contribution in [-0.4, -0.2) is 37.0 Å². The zero-order valence-corrected chi connectivity index (χ0v) is 13.8. The molecule has 4 rings (SSSR count). The van der Waals surface area contributed by atoms with Crippen LogP contribution >= 0.6 is 0 Å². The largest absolute Gasteiger partial charge is 0.353 e. The van der Waals surface area contributed by atoms with Crippen LogP contribution in [0.2, 0.25) is 0 Å². The van der Waals surface area contributed by atoms with E-state index < -0.39 is 0 Å². The van der Waals surface area contributed by atoms with Crippen molar-refractivity contribution in [1.82, 2.24) is 10.2 Å². The van der Waals surface area contributed by atoms with Crippen molar-refractivity contribution in [3.05, 3.63) is 35.4 Å². The third-order valence-corrected chi connectivity index (χ3v) is 6.06. The average Bonchev–Trinajstić information content (AvgIpc) is 3.09. The van der Waals surface area contributed by atoms with E-state index >= 15 is 0 Å². The lowest BCUT2D eigenvalue weighted by Gasteiger charge is -2.38. The normalized spacial score (nSPS) is 29.5. The lowest BCUT2D eigenvalue weighted by molar-refractivity contribution is 0.151. The lowest BCUT2D eigenvalue weighted by Crippen LogP contribution is -2.43. The molecular formula is C19H27N3. The minimum Gasteiger partial charge on any atom is -0.353 e. The lowest BCUT2D eigenvalue weighted by atomic mass is 9.68. The van der Waals surface area contributed by atoms with Gasteiger partial charge in [-0.1, -0.05) is 30.7 Å². The van der Waals surface area contributed by atoms with E-state index in [1.54, 1.807) is 0 Å². The first kappa shape index (κ1) is 14.1. The van der Waals surface area contributed by atoms with E-state index in [1.807, 2.05) is 7.05 Å². The molecule has 2 saturated carbocycles. The molecule has 1 aromatic rings. The van der Waals surface area contributed by atoms with Crippen molar-refractivity contribution in [2.45, 2.75) is 51.0 Å². The fraction of sp³-hybridized carbons (Fsp3) is 0.632. The highest BCUT2D eigenvalue weighted by atomic mass is 15.3. The maximum absolute atomic E-state index is 4.56. The van der Waals surface area contributed by atoms with E-state index in [1.165, 1.54) is 56.3 Å². The molecule has 2 atom stereocenters. The summed E-state index contributed by atoms with van der Waals surface area (Å²) in [5.41, 5.74) is 3.56. The number of likely N-dealkylation sites (tertiary alicyclic amines) is 1. The Morgan fingerprint density at radius 1 is 1.27 bits per heavy atom. The molecule has 1 saturated heterocycles. The van der Waals surface area contributed by atoms with Gasteiger partial charge in [0.1, 0.15) is 0 Å². The Morgan fingerprint density at radius 2 is 2.09 bits per heavy atom. The van der Waals surface area contributed by atoms with Gasteiger partial charge >= 0.3 is 0 Å². The van der Waals surface area contributed by atoms with Gasteiger partial charge in [-0.15, -0.1) is 0 Å². The SMILES string of the molecule is CN=C(NC1CC1c1ccccc1C)N1CCC2(CCC2)C1. The fourth-order valence-corrected chi connectivity index (χ4v) is 4.36. The molecule has 1 aromatic carbocycles. The van der Waals surface area contributed by atoms with Crippen LogP contribution in [-0.2, 0) is 0 Å². The minimum absolute atomic E-state index is 0.567. The molecule has 3 heteroatoms. The topological polar surface area (TPSA) is 27.6 Å². The molecule has 3 fully saturated rings. The van der Waals surface area contributed by atoms with Crippen molar-refractivity contribution >= 4 is 5.96 Å². The van der Waals surface area contributed by atoms with E-state index in [0.717, 1.165) is 5.96 Å². The van der Waals surface area contributed by atoms with Gasteiger partial charge in [-0.25, -0.2) is 0 Å². The number of nitrogens with zero attached hydrogens (tertiary/aromatic N) is 2. The molecule has 2 aliphatic carbocycles. The van der Waals surface area contributed by atoms with Gasteiger partial charge < -0.3 is 10.2 Å². The molecule has 0 radical (unpaired) electrons. The van der Waals surface area contributed by atoms with Crippen molar-refractivity contribution in [2.75, 3.05) is 20.1 Å². The first-order valence-electron chi connectivity index (χ1n) is 8.75. The van der Waals surface area contributed by atoms with Crippen molar-refractivity contribution in [3.63, 3.8) is 0 Å². The molecular weight excluding hydrogens is 270 g/mol. The van der Waals surface area contributed by atoms with Gasteiger partial charge in [0.25, 0.3) is 0 Å². The zero-order chi connectivity index (χ0) is 15.2. The molecule has 1 aliphatic heterocycles. The Balaban J connectivity index is 1.38. The summed E-state index contributed by atoms with van der Waals surface area (Å²) in [7, 11) is 1.93. The zero-order valence-electron chi connectivity index (χ0n) is 13.8. The number of aryl methyl sites for hydroxylation is 1. The summed E-state index contributed by atoms with van der Waals surface area (Å²) >= 11 is 0. The molecule has 0 aromatic heterocycles. The van der Waals surface area contributed by atoms with Gasteiger partial charge in [-0.2, -0.15) is 0 Å². The second-order valence-electron chi connectivity index (χ2n) is 7.52. The van der Waals surface area contributed by atoms with Crippen LogP contribution in [0.15, 0.2) is 29.3 Å². The highest BCUT2D eigenvalue weighted by molar-refractivity contribution is 5.81. The summed E-state index contributed by atoms with van der Waals surface area (Å²) in [5.74, 6) is 1.79. The first-order valence-corrected chi connectivity index (χ1v) is 8.75. The van der Waals surface area contributed by atoms with Gasteiger partial charge in [0.05, 0.1) is 0 Å². The number of aliphatic imine (C=N–C) groups is 1. The summed E-state index contributed by atoms with van der Waals surface area (Å²) in [6.45, 7) is 4.62. The van der Waals surface area contributed by atoms with Gasteiger partial charge in [0.2, 0.25) is 0 Å². The Kier molecular flexibility index (Phi) is 3.39. The van der Waals surface area contributed by atoms with Crippen LogP contribution in [0, 0.1) is 12.3 Å². The summed E-state index contributed by atoms with van der Waals surface area (Å²) in [6.07, 6.45) is 6.88. The molecule has 118 valence electrons. The molecule has 1 spiro atoms. The van der Waals surface area contributed by atoms with Gasteiger partial charge in [-0.05, 0) is 49.1 Å². The number of hydrogen-bond acceptors (Lipinski definition) is 1. The second-order valence-corrected chi connectivity index (χ2v) is 7.52. The summed E-state index contributed by atoms with van der Waals surface area (Å²) in [4.78, 5) is 7.05. The number of guanidine groups is 1. The number of rotatable bonds is 2. The van der Waals surface area contributed by atoms with E-state index in [0.29, 0.717) is 17.4 Å². The van der Waals surface area contributed by atoms with Crippen LogP contribution in [0.3, 0.4) is 0 Å². The highest BCUT2D eigenvalue weighted by Crippen LogP contribution is 2.48. The number of nitrogens with one attached hydrogen (secondary N) is 1. The fourth-order valence-electron chi connectivity index (χ4n) is 4.36. The highest BCUT2D eigenvalue weighted by Gasteiger charge is 2.45. The van der Waals surface area contributed by atoms with E-state index in [-0.39, 0.29) is 0 Å². The summed E-state index contributed by atoms with van der Waals surface area (Å²) in [6, 6.07) is 9.36. The van der Waals surface area contributed by atoms with Crippen LogP contribution in [0.4, 0.5) is 0 Å². The van der Waals surface area contributed by atoms with Crippen molar-refractivity contribution in [2.24, 2.45) is 10.4 Å². The summed E-state index contributed by atoms with van der Waals surface area (Å²) < 4.78 is 0. The first-order chi connectivity index (χ1) is 10.7. The molecule has 2 unspecified atom stereocenters. The Labute approximate surface area is 133 Å². The van der Waals surface area contributed by atoms with E-state index in [4.69, 9.17) is 0 Å². The standard InChI is InChI=1S/C19H27N3/c1-14-6-3-4-7-15(14)16-12-17(16)21-18(20-2)22-11-10-19(13-22)8-5-9-19/h3-4,6-7,16-17H,5,8-13H2,1-2H3,(H,20,21). The Morgan fingerprint density at radius 3 is 2.73 bits per heavy atom. The smallest absolute Gasteiger partial charge is 0.193 e. The average molecular weight is 297 g/mol. The van der Waals surface area contributed by atoms with E-state index in [9.17, 15) is 0 Å². The third kappa shape index (κ3) is 2.41. The molecule has 3 aliphatic rings. The predicted octanol–water partition coefficient (Wildman–Crippen LogP) is 3.30. The van der Waals surface area contributed by atoms with Gasteiger partial charge in [0.15, 0.2) is 5.96 Å². The van der Waals surface area contributed by atoms with Gasteiger partial charge in [0, 0.05) is 32.1 Å². The minimum atomic E-state index is 0.567. The molecule has 3 nitrogen and oxygen atoms in total. The number of benzene rings is 1. The number of hydrogen-bond donors (Lipinski definition) is 1. The van der Waals surface area contributed by atoms with Crippen LogP contribution in [0.25, 0.3) is 0 Å². The second kappa shape index (κ2) is 5.29. The maximum atomic E-state index is 4.56. The van der Waals surface area contributed by atoms with Crippen molar-refractivity contribution in [3.8, 4) is 0 Å². The van der Waals surface area contributed by atoms with Crippen molar-refractivity contribution in [1.29, 1.82) is 0 Å². The third-order valence-electron chi connectivity index (χ3n) is 6.06. The monoisotopic (exact) mass is 297 g/mol. The molecule has 22 heavy (non-hydrogen) atoms. The van der Waals surface area contributed by atoms with Crippen LogP contribution in [0.1, 0.15) is 49.1 Å².